The summed E-state index contributed by atoms with van der Waals surface area (Å²) in [4.78, 5) is 14.6. The van der Waals surface area contributed by atoms with Crippen LogP contribution in [-0.2, 0) is 11.4 Å². The summed E-state index contributed by atoms with van der Waals surface area (Å²) in [6.07, 6.45) is -3.95. The third-order valence-corrected chi connectivity index (χ3v) is 4.24. The van der Waals surface area contributed by atoms with Gasteiger partial charge in [0.15, 0.2) is 0 Å². The van der Waals surface area contributed by atoms with Gasteiger partial charge in [-0.25, -0.2) is 18.6 Å². The van der Waals surface area contributed by atoms with Crippen molar-refractivity contribution in [2.24, 2.45) is 5.73 Å². The highest BCUT2D eigenvalue weighted by Gasteiger charge is 2.29. The second-order valence-electron chi connectivity index (χ2n) is 5.60. The van der Waals surface area contributed by atoms with Crippen molar-refractivity contribution >= 4 is 17.5 Å². The number of nitrogens with two attached hydrogens (primary N) is 1. The van der Waals surface area contributed by atoms with Gasteiger partial charge in [-0.05, 0) is 27.7 Å². The summed E-state index contributed by atoms with van der Waals surface area (Å²) in [7, 11) is 0. The lowest BCUT2D eigenvalue weighted by atomic mass is 10.2. The van der Waals surface area contributed by atoms with Crippen molar-refractivity contribution in [1.29, 1.82) is 0 Å². The molecule has 0 saturated heterocycles. The minimum atomic E-state index is -2.84. The van der Waals surface area contributed by atoms with Gasteiger partial charge in [-0.1, -0.05) is 0 Å². The van der Waals surface area contributed by atoms with E-state index in [2.05, 4.69) is 14.4 Å². The topological polar surface area (TPSA) is 100 Å². The van der Waals surface area contributed by atoms with E-state index in [1.807, 2.05) is 0 Å². The van der Waals surface area contributed by atoms with Gasteiger partial charge in [-0.3, -0.25) is 0 Å². The van der Waals surface area contributed by atoms with Crippen LogP contribution in [0, 0.1) is 0 Å². The molecule has 0 saturated carbocycles. The Kier molecular flexibility index (Phi) is 6.09. The Bertz CT molecular complexity index is 538. The third-order valence-electron chi connectivity index (χ3n) is 2.56. The van der Waals surface area contributed by atoms with E-state index in [1.54, 1.807) is 27.7 Å². The maximum Gasteiger partial charge on any atom is 0.409 e. The number of nitrogens with one attached hydrogen (secondary N) is 1. The number of ether oxygens (including phenoxy) is 1. The average Bonchev–Trinajstić information content (AvgIpc) is 2.36. The van der Waals surface area contributed by atoms with Crippen LogP contribution in [0.15, 0.2) is 12.1 Å². The molecule has 124 valence electrons. The summed E-state index contributed by atoms with van der Waals surface area (Å²) in [5, 5.41) is 0. The van der Waals surface area contributed by atoms with Gasteiger partial charge in [-0.15, -0.1) is 4.72 Å². The van der Waals surface area contributed by atoms with Gasteiger partial charge in [0.25, 0.3) is 6.43 Å². The van der Waals surface area contributed by atoms with Crippen LogP contribution in [0.2, 0.25) is 0 Å². The summed E-state index contributed by atoms with van der Waals surface area (Å²) >= 11 is -1.41. The molecule has 1 aromatic heterocycles. The average molecular weight is 335 g/mol. The minimum absolute atomic E-state index is 0.136. The minimum Gasteiger partial charge on any atom is -0.598 e. The van der Waals surface area contributed by atoms with Crippen molar-refractivity contribution in [3.8, 4) is 5.75 Å². The Hall–Kier alpha value is -1.45. The van der Waals surface area contributed by atoms with Crippen LogP contribution in [0.3, 0.4) is 0 Å². The molecule has 6 nitrogen and oxygen atoms in total. The van der Waals surface area contributed by atoms with E-state index in [-0.39, 0.29) is 11.4 Å². The molecule has 3 N–H and O–H groups in total. The zero-order valence-electron chi connectivity index (χ0n) is 12.7. The third kappa shape index (κ3) is 5.39. The van der Waals surface area contributed by atoms with E-state index in [1.165, 1.54) is 6.07 Å². The lowest BCUT2D eigenvalue weighted by molar-refractivity contribution is 0.145. The van der Waals surface area contributed by atoms with Gasteiger partial charge >= 0.3 is 6.09 Å². The smallest absolute Gasteiger partial charge is 0.409 e. The fraction of sp³-hybridized carbons (Fsp3) is 0.538. The molecule has 0 aliphatic heterocycles. The molecule has 0 fully saturated rings. The molecule has 0 aromatic carbocycles. The van der Waals surface area contributed by atoms with E-state index < -0.39 is 40.4 Å². The summed E-state index contributed by atoms with van der Waals surface area (Å²) in [5.74, 6) is -0.136. The van der Waals surface area contributed by atoms with Crippen molar-refractivity contribution in [3.05, 3.63) is 23.5 Å². The predicted octanol–water partition coefficient (Wildman–Crippen LogP) is 2.59. The van der Waals surface area contributed by atoms with E-state index in [4.69, 9.17) is 5.73 Å². The van der Waals surface area contributed by atoms with E-state index in [0.29, 0.717) is 0 Å². The maximum atomic E-state index is 12.9. The van der Waals surface area contributed by atoms with Crippen LogP contribution in [0.25, 0.3) is 0 Å². The summed E-state index contributed by atoms with van der Waals surface area (Å²) in [6.45, 7) is 6.93. The molecule has 22 heavy (non-hydrogen) atoms. The fourth-order valence-electron chi connectivity index (χ4n) is 1.45. The number of pyridine rings is 1. The van der Waals surface area contributed by atoms with Gasteiger partial charge in [-0.2, -0.15) is 0 Å². The van der Waals surface area contributed by atoms with Crippen LogP contribution in [0.4, 0.5) is 13.6 Å². The van der Waals surface area contributed by atoms with Crippen LogP contribution < -0.4 is 15.2 Å². The van der Waals surface area contributed by atoms with Crippen LogP contribution in [-0.4, -0.2) is 20.4 Å². The molecule has 0 aliphatic carbocycles. The van der Waals surface area contributed by atoms with E-state index in [0.717, 1.165) is 6.07 Å². The van der Waals surface area contributed by atoms with E-state index >= 15 is 0 Å². The summed E-state index contributed by atoms with van der Waals surface area (Å²) in [6, 6.07) is 1.65. The molecule has 0 aliphatic rings. The summed E-state index contributed by atoms with van der Waals surface area (Å²) in [5.41, 5.74) is 4.50. The summed E-state index contributed by atoms with van der Waals surface area (Å²) < 4.78 is 44.7. The number of carbonyl (C=O) groups is 1. The van der Waals surface area contributed by atoms with Crippen LogP contribution >= 0.6 is 0 Å². The molecule has 9 heteroatoms. The number of hydrogen-bond acceptors (Lipinski definition) is 5. The van der Waals surface area contributed by atoms with Crippen molar-refractivity contribution in [2.75, 3.05) is 0 Å². The Balaban J connectivity index is 3.06. The lowest BCUT2D eigenvalue weighted by Gasteiger charge is -2.26. The van der Waals surface area contributed by atoms with Gasteiger partial charge in [0.05, 0.1) is 11.7 Å². The molecule has 0 bridgehead atoms. The first-order valence-electron chi connectivity index (χ1n) is 6.46. The Morgan fingerprint density at radius 3 is 2.41 bits per heavy atom. The number of carbonyl (C=O) groups excluding carboxylic acids is 1. The number of rotatable bonds is 5. The van der Waals surface area contributed by atoms with E-state index in [9.17, 15) is 18.1 Å². The maximum absolute atomic E-state index is 12.9. The molecule has 2 atom stereocenters. The second-order valence-corrected chi connectivity index (χ2v) is 7.59. The monoisotopic (exact) mass is 335 g/mol. The van der Waals surface area contributed by atoms with Gasteiger partial charge in [0.1, 0.15) is 16.2 Å². The van der Waals surface area contributed by atoms with Crippen LogP contribution in [0.1, 0.15) is 51.6 Å². The molecule has 1 rings (SSSR count). The van der Waals surface area contributed by atoms with Crippen LogP contribution in [0.5, 0.6) is 5.75 Å². The predicted molar refractivity (Wildman–Crippen MR) is 78.9 cm³/mol. The number of hydrogen-bond donors (Lipinski definition) is 2. The number of nitrogens with zero attached hydrogens (tertiary/aromatic N) is 1. The first-order valence-corrected chi connectivity index (χ1v) is 7.61. The Labute approximate surface area is 130 Å². The second kappa shape index (κ2) is 7.21. The number of amides is 1. The molecule has 1 aromatic rings. The highest BCUT2D eigenvalue weighted by Crippen LogP contribution is 2.26. The molecule has 1 heterocycles. The fourth-order valence-corrected chi connectivity index (χ4v) is 2.25. The first kappa shape index (κ1) is 18.6. The quantitative estimate of drug-likeness (QED) is 0.806. The van der Waals surface area contributed by atoms with Gasteiger partial charge in [0, 0.05) is 23.5 Å². The largest absolute Gasteiger partial charge is 0.598 e. The molecule has 1 amide bonds. The van der Waals surface area contributed by atoms with Crippen molar-refractivity contribution in [1.82, 2.24) is 9.71 Å². The van der Waals surface area contributed by atoms with Crippen molar-refractivity contribution in [2.45, 2.75) is 44.9 Å². The zero-order chi connectivity index (χ0) is 17.1. The zero-order valence-corrected chi connectivity index (χ0v) is 13.5. The highest BCUT2D eigenvalue weighted by atomic mass is 32.2. The SMILES string of the molecule is C[C@@H](N[S+]([O-])C(C)(C)C)c1cc(OC(N)=O)cc(C(F)F)n1. The molecule has 0 spiro atoms. The molecular formula is C13H19F2N3O3S. The number of aromatic nitrogens is 1. The standard InChI is InChI=1S/C13H19F2N3O3S/c1-7(18-22(20)13(2,3)4)9-5-8(21-12(16)19)6-10(17-9)11(14)15/h5-7,11,18H,1-4H3,(H2,16,19)/t7-,22?/m1/s1. The molecular weight excluding hydrogens is 316 g/mol. The van der Waals surface area contributed by atoms with Crippen molar-refractivity contribution in [3.63, 3.8) is 0 Å². The number of primary amides is 1. The highest BCUT2D eigenvalue weighted by molar-refractivity contribution is 7.90. The number of halogens is 2. The van der Waals surface area contributed by atoms with Gasteiger partial charge < -0.3 is 15.0 Å². The van der Waals surface area contributed by atoms with Crippen molar-refractivity contribution < 1.29 is 22.9 Å². The number of alkyl halides is 2. The first-order chi connectivity index (χ1) is 10.0. The Morgan fingerprint density at radius 2 is 1.95 bits per heavy atom. The Morgan fingerprint density at radius 1 is 1.41 bits per heavy atom. The van der Waals surface area contributed by atoms with Gasteiger partial charge in [0.2, 0.25) is 0 Å². The molecule has 1 unspecified atom stereocenters. The molecule has 0 radical (unpaired) electrons. The lowest BCUT2D eigenvalue weighted by Crippen LogP contribution is -2.40. The normalized spacial score (nSPS) is 14.7.